The van der Waals surface area contributed by atoms with Gasteiger partial charge in [-0.25, -0.2) is 4.39 Å². The Balaban J connectivity index is 2.03. The maximum atomic E-state index is 13.8. The molecule has 2 rings (SSSR count). The van der Waals surface area contributed by atoms with Crippen LogP contribution >= 0.6 is 0 Å². The van der Waals surface area contributed by atoms with E-state index in [1.807, 2.05) is 24.9 Å². The zero-order valence-electron chi connectivity index (χ0n) is 14.1. The number of guanidine groups is 1. The number of aliphatic imine (C=N–C) groups is 1. The highest BCUT2D eigenvalue weighted by Gasteiger charge is 2.34. The summed E-state index contributed by atoms with van der Waals surface area (Å²) in [5.74, 6) is 0.581. The van der Waals surface area contributed by atoms with Gasteiger partial charge in [-0.2, -0.15) is 0 Å². The Bertz CT molecular complexity index is 559. The summed E-state index contributed by atoms with van der Waals surface area (Å²) in [4.78, 5) is 6.45. The second-order valence-corrected chi connectivity index (χ2v) is 6.07. The number of hydrogen-bond acceptors (Lipinski definition) is 3. The lowest BCUT2D eigenvalue weighted by molar-refractivity contribution is -0.0237. The summed E-state index contributed by atoms with van der Waals surface area (Å²) < 4.78 is 18.7. The topological polar surface area (TPSA) is 57.1 Å². The van der Waals surface area contributed by atoms with E-state index in [4.69, 9.17) is 4.74 Å². The fourth-order valence-corrected chi connectivity index (χ4v) is 2.59. The Morgan fingerprint density at radius 1 is 1.48 bits per heavy atom. The minimum Gasteiger partial charge on any atom is -0.494 e. The standard InChI is InChI=1S/C17H26FN3O2/c1-4-19-16(20-12-17(22)8-5-9-17)21(2)11-13-6-7-15(23-3)14(18)10-13/h6-7,10,22H,4-5,8-9,11-12H2,1-3H3,(H,19,20). The summed E-state index contributed by atoms with van der Waals surface area (Å²) in [7, 11) is 3.35. The van der Waals surface area contributed by atoms with Gasteiger partial charge in [-0.05, 0) is 43.9 Å². The first-order valence-electron chi connectivity index (χ1n) is 8.01. The van der Waals surface area contributed by atoms with E-state index in [2.05, 4.69) is 10.3 Å². The lowest BCUT2D eigenvalue weighted by atomic mass is 9.80. The summed E-state index contributed by atoms with van der Waals surface area (Å²) in [6.07, 6.45) is 2.68. The maximum absolute atomic E-state index is 13.8. The van der Waals surface area contributed by atoms with Crippen LogP contribution in [0.1, 0.15) is 31.7 Å². The number of benzene rings is 1. The molecular formula is C17H26FN3O2. The summed E-state index contributed by atoms with van der Waals surface area (Å²) in [6, 6.07) is 4.93. The van der Waals surface area contributed by atoms with Crippen molar-refractivity contribution in [3.05, 3.63) is 29.6 Å². The molecule has 128 valence electrons. The second kappa shape index (κ2) is 7.64. The number of nitrogens with one attached hydrogen (secondary N) is 1. The lowest BCUT2D eigenvalue weighted by Crippen LogP contribution is -2.43. The van der Waals surface area contributed by atoms with E-state index in [-0.39, 0.29) is 11.6 Å². The molecule has 0 aliphatic heterocycles. The van der Waals surface area contributed by atoms with Gasteiger partial charge in [0.05, 0.1) is 19.3 Å². The van der Waals surface area contributed by atoms with Crippen molar-refractivity contribution in [2.24, 2.45) is 4.99 Å². The van der Waals surface area contributed by atoms with Gasteiger partial charge in [-0.1, -0.05) is 6.07 Å². The minimum absolute atomic E-state index is 0.240. The summed E-state index contributed by atoms with van der Waals surface area (Å²) >= 11 is 0. The predicted octanol–water partition coefficient (Wildman–Crippen LogP) is 2.15. The fraction of sp³-hybridized carbons (Fsp3) is 0.588. The summed E-state index contributed by atoms with van der Waals surface area (Å²) in [5.41, 5.74) is 0.187. The molecule has 0 bridgehead atoms. The first kappa shape index (κ1) is 17.5. The van der Waals surface area contributed by atoms with Crippen LogP contribution in [0.25, 0.3) is 0 Å². The number of hydrogen-bond donors (Lipinski definition) is 2. The molecule has 1 aliphatic rings. The highest BCUT2D eigenvalue weighted by atomic mass is 19.1. The van der Waals surface area contributed by atoms with Gasteiger partial charge < -0.3 is 20.1 Å². The molecule has 23 heavy (non-hydrogen) atoms. The number of ether oxygens (including phenoxy) is 1. The van der Waals surface area contributed by atoms with Crippen LogP contribution in [0.3, 0.4) is 0 Å². The SMILES string of the molecule is CCNC(=NCC1(O)CCC1)N(C)Cc1ccc(OC)c(F)c1. The van der Waals surface area contributed by atoms with Gasteiger partial charge in [0.2, 0.25) is 0 Å². The van der Waals surface area contributed by atoms with Crippen molar-refractivity contribution >= 4 is 5.96 Å². The van der Waals surface area contributed by atoms with Crippen LogP contribution in [0.15, 0.2) is 23.2 Å². The predicted molar refractivity (Wildman–Crippen MR) is 89.2 cm³/mol. The number of rotatable bonds is 6. The monoisotopic (exact) mass is 323 g/mol. The molecule has 1 aliphatic carbocycles. The minimum atomic E-state index is -0.645. The highest BCUT2D eigenvalue weighted by Crippen LogP contribution is 2.31. The summed E-state index contributed by atoms with van der Waals surface area (Å²) in [6.45, 7) is 3.65. The Kier molecular flexibility index (Phi) is 5.82. The smallest absolute Gasteiger partial charge is 0.194 e. The van der Waals surface area contributed by atoms with Crippen LogP contribution in [0.5, 0.6) is 5.75 Å². The molecule has 1 aromatic carbocycles. The van der Waals surface area contributed by atoms with Crippen molar-refractivity contribution in [1.82, 2.24) is 10.2 Å². The fourth-order valence-electron chi connectivity index (χ4n) is 2.59. The van der Waals surface area contributed by atoms with Crippen LogP contribution in [0.4, 0.5) is 4.39 Å². The van der Waals surface area contributed by atoms with Gasteiger partial charge in [0, 0.05) is 20.1 Å². The van der Waals surface area contributed by atoms with E-state index in [9.17, 15) is 9.50 Å². The van der Waals surface area contributed by atoms with Crippen molar-refractivity contribution in [2.75, 3.05) is 27.2 Å². The number of methoxy groups -OCH3 is 1. The highest BCUT2D eigenvalue weighted by molar-refractivity contribution is 5.79. The molecule has 0 heterocycles. The molecule has 0 atom stereocenters. The normalized spacial score (nSPS) is 16.7. The van der Waals surface area contributed by atoms with Crippen molar-refractivity contribution in [3.63, 3.8) is 0 Å². The Morgan fingerprint density at radius 3 is 2.74 bits per heavy atom. The van der Waals surface area contributed by atoms with Gasteiger partial charge in [-0.3, -0.25) is 4.99 Å². The first-order valence-corrected chi connectivity index (χ1v) is 8.01. The lowest BCUT2D eigenvalue weighted by Gasteiger charge is -2.35. The van der Waals surface area contributed by atoms with Crippen LogP contribution in [-0.4, -0.2) is 48.8 Å². The Labute approximate surface area is 137 Å². The zero-order chi connectivity index (χ0) is 16.9. The molecule has 1 fully saturated rings. The van der Waals surface area contributed by atoms with Crippen molar-refractivity contribution in [2.45, 2.75) is 38.3 Å². The molecular weight excluding hydrogens is 297 g/mol. The van der Waals surface area contributed by atoms with Gasteiger partial charge in [0.15, 0.2) is 17.5 Å². The van der Waals surface area contributed by atoms with E-state index in [0.717, 1.165) is 31.4 Å². The largest absolute Gasteiger partial charge is 0.494 e. The van der Waals surface area contributed by atoms with Crippen molar-refractivity contribution < 1.29 is 14.2 Å². The molecule has 1 saturated carbocycles. The third kappa shape index (κ3) is 4.58. The van der Waals surface area contributed by atoms with E-state index in [1.165, 1.54) is 13.2 Å². The molecule has 0 saturated heterocycles. The van der Waals surface area contributed by atoms with E-state index >= 15 is 0 Å². The Morgan fingerprint density at radius 2 is 2.22 bits per heavy atom. The molecule has 0 radical (unpaired) electrons. The third-order valence-electron chi connectivity index (χ3n) is 4.14. The Hall–Kier alpha value is -1.82. The number of nitrogens with zero attached hydrogens (tertiary/aromatic N) is 2. The van der Waals surface area contributed by atoms with Crippen molar-refractivity contribution in [3.8, 4) is 5.75 Å². The zero-order valence-corrected chi connectivity index (χ0v) is 14.1. The maximum Gasteiger partial charge on any atom is 0.194 e. The molecule has 6 heteroatoms. The molecule has 0 unspecified atom stereocenters. The van der Waals surface area contributed by atoms with E-state index < -0.39 is 5.60 Å². The number of halogens is 1. The summed E-state index contributed by atoms with van der Waals surface area (Å²) in [5, 5.41) is 13.4. The van der Waals surface area contributed by atoms with Crippen LogP contribution < -0.4 is 10.1 Å². The molecule has 0 aromatic heterocycles. The van der Waals surface area contributed by atoms with Crippen molar-refractivity contribution in [1.29, 1.82) is 0 Å². The quantitative estimate of drug-likeness (QED) is 0.622. The van der Waals surface area contributed by atoms with E-state index in [0.29, 0.717) is 19.0 Å². The van der Waals surface area contributed by atoms with Crippen LogP contribution in [-0.2, 0) is 6.54 Å². The first-order chi connectivity index (χ1) is 11.0. The third-order valence-corrected chi connectivity index (χ3v) is 4.14. The molecule has 2 N–H and O–H groups in total. The molecule has 0 amide bonds. The van der Waals surface area contributed by atoms with E-state index in [1.54, 1.807) is 6.07 Å². The number of aliphatic hydroxyl groups is 1. The van der Waals surface area contributed by atoms with Gasteiger partial charge >= 0.3 is 0 Å². The molecule has 0 spiro atoms. The van der Waals surface area contributed by atoms with Gasteiger partial charge in [0.1, 0.15) is 0 Å². The van der Waals surface area contributed by atoms with Gasteiger partial charge in [0.25, 0.3) is 0 Å². The van der Waals surface area contributed by atoms with Crippen LogP contribution in [0.2, 0.25) is 0 Å². The average molecular weight is 323 g/mol. The second-order valence-electron chi connectivity index (χ2n) is 6.07. The molecule has 1 aromatic rings. The average Bonchev–Trinajstić information content (AvgIpc) is 2.49. The van der Waals surface area contributed by atoms with Crippen LogP contribution in [0, 0.1) is 5.82 Å². The van der Waals surface area contributed by atoms with Gasteiger partial charge in [-0.15, -0.1) is 0 Å². The molecule has 5 nitrogen and oxygen atoms in total.